The highest BCUT2D eigenvalue weighted by Gasteiger charge is 2.18. The summed E-state index contributed by atoms with van der Waals surface area (Å²) in [5, 5.41) is 11.5. The molecule has 5 heteroatoms. The van der Waals surface area contributed by atoms with Gasteiger partial charge in [-0.3, -0.25) is 4.79 Å². The number of amides is 2. The fourth-order valence-corrected chi connectivity index (χ4v) is 1.39. The fraction of sp³-hybridized carbons (Fsp3) is 0.333. The van der Waals surface area contributed by atoms with Gasteiger partial charge in [0.05, 0.1) is 12.5 Å². The van der Waals surface area contributed by atoms with Crippen LogP contribution in [-0.4, -0.2) is 36.1 Å². The first-order chi connectivity index (χ1) is 8.00. The number of nitrogens with one attached hydrogen (secondary N) is 1. The van der Waals surface area contributed by atoms with Gasteiger partial charge in [0.2, 0.25) is 0 Å². The number of aliphatic carboxylic acids is 1. The molecule has 0 saturated heterocycles. The molecule has 1 unspecified atom stereocenters. The molecule has 1 rings (SSSR count). The molecule has 2 amide bonds. The van der Waals surface area contributed by atoms with E-state index in [4.69, 9.17) is 5.11 Å². The molecule has 2 N–H and O–H groups in total. The molecule has 0 heterocycles. The number of carboxylic acids is 1. The average Bonchev–Trinajstić information content (AvgIpc) is 2.28. The highest BCUT2D eigenvalue weighted by atomic mass is 16.4. The quantitative estimate of drug-likeness (QED) is 0.831. The zero-order chi connectivity index (χ0) is 12.8. The third-order valence-corrected chi connectivity index (χ3v) is 2.28. The number of urea groups is 1. The summed E-state index contributed by atoms with van der Waals surface area (Å²) >= 11 is 0. The van der Waals surface area contributed by atoms with Gasteiger partial charge in [0.1, 0.15) is 0 Å². The van der Waals surface area contributed by atoms with Crippen LogP contribution in [0.1, 0.15) is 18.0 Å². The fourth-order valence-electron chi connectivity index (χ4n) is 1.39. The van der Waals surface area contributed by atoms with E-state index in [2.05, 4.69) is 5.32 Å². The molecular weight excluding hydrogens is 220 g/mol. The minimum absolute atomic E-state index is 0.135. The van der Waals surface area contributed by atoms with Crippen molar-refractivity contribution in [1.82, 2.24) is 10.2 Å². The van der Waals surface area contributed by atoms with Gasteiger partial charge >= 0.3 is 12.0 Å². The zero-order valence-corrected chi connectivity index (χ0v) is 9.88. The molecule has 92 valence electrons. The molecule has 0 aliphatic carbocycles. The van der Waals surface area contributed by atoms with Crippen molar-refractivity contribution in [3.63, 3.8) is 0 Å². The Bertz CT molecular complexity index is 390. The minimum Gasteiger partial charge on any atom is -0.481 e. The number of hydrogen-bond acceptors (Lipinski definition) is 2. The molecule has 0 saturated carbocycles. The Balaban J connectivity index is 2.81. The molecule has 0 fully saturated rings. The first-order valence-corrected chi connectivity index (χ1v) is 5.25. The number of rotatable bonds is 4. The summed E-state index contributed by atoms with van der Waals surface area (Å²) in [4.78, 5) is 23.7. The number of nitrogens with zero attached hydrogens (tertiary/aromatic N) is 1. The molecule has 0 radical (unpaired) electrons. The number of carboxylic acid groups (broad SMARTS) is 1. The largest absolute Gasteiger partial charge is 0.481 e. The van der Waals surface area contributed by atoms with E-state index < -0.39 is 12.0 Å². The van der Waals surface area contributed by atoms with E-state index in [9.17, 15) is 9.59 Å². The predicted molar refractivity (Wildman–Crippen MR) is 63.7 cm³/mol. The van der Waals surface area contributed by atoms with Crippen LogP contribution in [-0.2, 0) is 4.79 Å². The van der Waals surface area contributed by atoms with Gasteiger partial charge < -0.3 is 15.3 Å². The molecule has 1 aromatic carbocycles. The summed E-state index contributed by atoms with van der Waals surface area (Å²) in [6.45, 7) is 0. The summed E-state index contributed by atoms with van der Waals surface area (Å²) in [5.41, 5.74) is 0.783. The van der Waals surface area contributed by atoms with E-state index in [1.54, 1.807) is 26.2 Å². The standard InChI is InChI=1S/C12H16N2O3/c1-14(2)12(17)13-10(8-11(15)16)9-6-4-3-5-7-9/h3-7,10H,8H2,1-2H3,(H,13,17)(H,15,16). The van der Waals surface area contributed by atoms with E-state index in [-0.39, 0.29) is 12.5 Å². The lowest BCUT2D eigenvalue weighted by molar-refractivity contribution is -0.137. The van der Waals surface area contributed by atoms with Crippen LogP contribution in [0.15, 0.2) is 30.3 Å². The predicted octanol–water partition coefficient (Wildman–Crippen LogP) is 1.47. The molecule has 0 bridgehead atoms. The Labute approximate surface area is 100 Å². The Morgan fingerprint density at radius 1 is 1.29 bits per heavy atom. The highest BCUT2D eigenvalue weighted by Crippen LogP contribution is 2.16. The van der Waals surface area contributed by atoms with Gasteiger partial charge in [-0.1, -0.05) is 30.3 Å². The van der Waals surface area contributed by atoms with Crippen LogP contribution in [0, 0.1) is 0 Å². The van der Waals surface area contributed by atoms with Crippen molar-refractivity contribution >= 4 is 12.0 Å². The van der Waals surface area contributed by atoms with Gasteiger partial charge in [0.25, 0.3) is 0 Å². The van der Waals surface area contributed by atoms with Crippen LogP contribution < -0.4 is 5.32 Å². The van der Waals surface area contributed by atoms with Crippen molar-refractivity contribution in [2.24, 2.45) is 0 Å². The molecule has 0 aliphatic rings. The van der Waals surface area contributed by atoms with Gasteiger partial charge in [-0.15, -0.1) is 0 Å². The second-order valence-electron chi connectivity index (χ2n) is 3.91. The van der Waals surface area contributed by atoms with Gasteiger partial charge in [-0.2, -0.15) is 0 Å². The lowest BCUT2D eigenvalue weighted by atomic mass is 10.0. The van der Waals surface area contributed by atoms with E-state index in [0.717, 1.165) is 5.56 Å². The molecule has 17 heavy (non-hydrogen) atoms. The average molecular weight is 236 g/mol. The van der Waals surface area contributed by atoms with E-state index in [1.807, 2.05) is 18.2 Å². The summed E-state index contributed by atoms with van der Waals surface area (Å²) in [5.74, 6) is -0.946. The maximum atomic E-state index is 11.5. The van der Waals surface area contributed by atoms with Gasteiger partial charge in [-0.05, 0) is 5.56 Å². The first-order valence-electron chi connectivity index (χ1n) is 5.25. The van der Waals surface area contributed by atoms with Crippen LogP contribution in [0.4, 0.5) is 4.79 Å². The molecule has 1 atom stereocenters. The summed E-state index contributed by atoms with van der Waals surface area (Å²) in [6.07, 6.45) is -0.135. The monoisotopic (exact) mass is 236 g/mol. The Hall–Kier alpha value is -2.04. The number of hydrogen-bond donors (Lipinski definition) is 2. The van der Waals surface area contributed by atoms with E-state index in [1.165, 1.54) is 4.90 Å². The Morgan fingerprint density at radius 2 is 1.88 bits per heavy atom. The minimum atomic E-state index is -0.946. The van der Waals surface area contributed by atoms with Crippen molar-refractivity contribution < 1.29 is 14.7 Å². The lowest BCUT2D eigenvalue weighted by Gasteiger charge is -2.20. The second kappa shape index (κ2) is 5.89. The first kappa shape index (κ1) is 13.0. The van der Waals surface area contributed by atoms with Crippen LogP contribution in [0.3, 0.4) is 0 Å². The van der Waals surface area contributed by atoms with Gasteiger partial charge in [0.15, 0.2) is 0 Å². The third kappa shape index (κ3) is 4.14. The maximum Gasteiger partial charge on any atom is 0.317 e. The van der Waals surface area contributed by atoms with Crippen LogP contribution in [0.25, 0.3) is 0 Å². The Kier molecular flexibility index (Phi) is 4.51. The lowest BCUT2D eigenvalue weighted by Crippen LogP contribution is -2.37. The van der Waals surface area contributed by atoms with Crippen molar-refractivity contribution in [3.05, 3.63) is 35.9 Å². The van der Waals surface area contributed by atoms with E-state index in [0.29, 0.717) is 0 Å². The zero-order valence-electron chi connectivity index (χ0n) is 9.88. The van der Waals surface area contributed by atoms with Crippen LogP contribution >= 0.6 is 0 Å². The van der Waals surface area contributed by atoms with Crippen LogP contribution in [0.5, 0.6) is 0 Å². The summed E-state index contributed by atoms with van der Waals surface area (Å²) in [7, 11) is 3.22. The smallest absolute Gasteiger partial charge is 0.317 e. The molecule has 5 nitrogen and oxygen atoms in total. The van der Waals surface area contributed by atoms with Crippen molar-refractivity contribution in [3.8, 4) is 0 Å². The summed E-state index contributed by atoms with van der Waals surface area (Å²) in [6, 6.07) is 8.24. The van der Waals surface area contributed by atoms with E-state index >= 15 is 0 Å². The molecular formula is C12H16N2O3. The topological polar surface area (TPSA) is 69.6 Å². The molecule has 0 spiro atoms. The maximum absolute atomic E-state index is 11.5. The van der Waals surface area contributed by atoms with Gasteiger partial charge in [-0.25, -0.2) is 4.79 Å². The number of carbonyl (C=O) groups is 2. The van der Waals surface area contributed by atoms with Crippen LogP contribution in [0.2, 0.25) is 0 Å². The SMILES string of the molecule is CN(C)C(=O)NC(CC(=O)O)c1ccccc1. The number of carbonyl (C=O) groups excluding carboxylic acids is 1. The molecule has 1 aromatic rings. The van der Waals surface area contributed by atoms with Crippen molar-refractivity contribution in [2.75, 3.05) is 14.1 Å². The van der Waals surface area contributed by atoms with Crippen molar-refractivity contribution in [2.45, 2.75) is 12.5 Å². The summed E-state index contributed by atoms with van der Waals surface area (Å²) < 4.78 is 0. The second-order valence-corrected chi connectivity index (χ2v) is 3.91. The third-order valence-electron chi connectivity index (χ3n) is 2.28. The normalized spacial score (nSPS) is 11.6. The van der Waals surface area contributed by atoms with Crippen molar-refractivity contribution in [1.29, 1.82) is 0 Å². The molecule has 0 aromatic heterocycles. The highest BCUT2D eigenvalue weighted by molar-refractivity contribution is 5.75. The number of benzene rings is 1. The van der Waals surface area contributed by atoms with Gasteiger partial charge in [0, 0.05) is 14.1 Å². The Morgan fingerprint density at radius 3 is 2.35 bits per heavy atom. The molecule has 0 aliphatic heterocycles.